The van der Waals surface area contributed by atoms with Crippen LogP contribution in [-0.2, 0) is 0 Å². The van der Waals surface area contributed by atoms with Crippen molar-refractivity contribution in [3.8, 4) is 45.3 Å². The predicted molar refractivity (Wildman–Crippen MR) is 216 cm³/mol. The molecule has 0 bridgehead atoms. The first-order valence-corrected chi connectivity index (χ1v) is 19.1. The molecule has 4 nitrogen and oxygen atoms in total. The van der Waals surface area contributed by atoms with Crippen molar-refractivity contribution in [1.82, 2.24) is 15.0 Å². The van der Waals surface area contributed by atoms with Gasteiger partial charge in [0.05, 0.1) is 0 Å². The molecule has 0 aliphatic heterocycles. The van der Waals surface area contributed by atoms with E-state index in [1.807, 2.05) is 48.5 Å². The molecule has 0 amide bonds. The summed E-state index contributed by atoms with van der Waals surface area (Å²) in [6.07, 6.45) is 0. The number of nitrogens with zero attached hydrogens (tertiary/aromatic N) is 3. The van der Waals surface area contributed by atoms with Crippen LogP contribution >= 0.6 is 0 Å². The summed E-state index contributed by atoms with van der Waals surface area (Å²) in [5.74, 6) is 1.90. The zero-order valence-corrected chi connectivity index (χ0v) is 29.5. The fraction of sp³-hybridized carbons (Fsp3) is 0. The van der Waals surface area contributed by atoms with Crippen LogP contribution in [0.5, 0.6) is 0 Å². The van der Waals surface area contributed by atoms with Crippen molar-refractivity contribution in [2.24, 2.45) is 0 Å². The van der Waals surface area contributed by atoms with Crippen LogP contribution in [0.1, 0.15) is 0 Å². The summed E-state index contributed by atoms with van der Waals surface area (Å²) in [6, 6.07) is 57.6. The standard InChI is InChI=1S/C47H27N3OSe/c1-3-13-28(14-4-1)32-20-11-21-34-37-27-38(33-26-25-29-15-7-8-18-31(29)42(33)44(37)52-43(32)34)47-49-45(30-16-5-2-6-17-30)48-46(50-47)36-22-12-24-40-41(36)35-19-9-10-23-39(35)51-40/h1-27H. The fourth-order valence-corrected chi connectivity index (χ4v) is 10.7. The maximum absolute atomic E-state index is 6.30. The van der Waals surface area contributed by atoms with E-state index >= 15 is 0 Å². The Morgan fingerprint density at radius 3 is 1.85 bits per heavy atom. The van der Waals surface area contributed by atoms with Gasteiger partial charge >= 0.3 is 300 Å². The second kappa shape index (κ2) is 11.6. The van der Waals surface area contributed by atoms with Gasteiger partial charge in [-0.3, -0.25) is 0 Å². The number of furan rings is 1. The van der Waals surface area contributed by atoms with Crippen molar-refractivity contribution in [1.29, 1.82) is 0 Å². The second-order valence-electron chi connectivity index (χ2n) is 13.1. The first kappa shape index (κ1) is 29.4. The van der Waals surface area contributed by atoms with Gasteiger partial charge in [-0.25, -0.2) is 0 Å². The third-order valence-electron chi connectivity index (χ3n) is 10.1. The van der Waals surface area contributed by atoms with Crippen LogP contribution in [0.25, 0.3) is 108 Å². The average Bonchev–Trinajstić information content (AvgIpc) is 3.79. The van der Waals surface area contributed by atoms with Gasteiger partial charge in [0.2, 0.25) is 0 Å². The van der Waals surface area contributed by atoms with Gasteiger partial charge < -0.3 is 0 Å². The Balaban J connectivity index is 1.26. The summed E-state index contributed by atoms with van der Waals surface area (Å²) in [4.78, 5) is 15.8. The van der Waals surface area contributed by atoms with E-state index in [1.54, 1.807) is 0 Å². The van der Waals surface area contributed by atoms with E-state index in [1.165, 1.54) is 46.6 Å². The fourth-order valence-electron chi connectivity index (χ4n) is 7.75. The Labute approximate surface area is 304 Å². The van der Waals surface area contributed by atoms with Crippen molar-refractivity contribution in [3.63, 3.8) is 0 Å². The number of hydrogen-bond donors (Lipinski definition) is 0. The minimum absolute atomic E-state index is 0.0927. The Morgan fingerprint density at radius 2 is 1.00 bits per heavy atom. The first-order chi connectivity index (χ1) is 25.8. The van der Waals surface area contributed by atoms with Crippen molar-refractivity contribution in [3.05, 3.63) is 164 Å². The normalized spacial score (nSPS) is 11.8. The van der Waals surface area contributed by atoms with Crippen LogP contribution in [0, 0.1) is 0 Å². The number of fused-ring (bicyclic) bond motifs is 10. The number of rotatable bonds is 4. The van der Waals surface area contributed by atoms with Crippen LogP contribution in [-0.4, -0.2) is 29.5 Å². The summed E-state index contributed by atoms with van der Waals surface area (Å²) in [6.45, 7) is 0. The van der Waals surface area contributed by atoms with Gasteiger partial charge in [0.15, 0.2) is 0 Å². The SMILES string of the molecule is c1ccc(-c2nc(-c3cc4c5cccc(-c6ccccc6)c5[se]c4c4c3ccc3ccccc34)nc(-c3cccc4oc5ccccc5c34)n2)cc1. The molecule has 0 aliphatic carbocycles. The molecule has 5 heteroatoms. The van der Waals surface area contributed by atoms with E-state index in [0.717, 1.165) is 44.0 Å². The third-order valence-corrected chi connectivity index (χ3v) is 12.8. The molecule has 52 heavy (non-hydrogen) atoms. The molecule has 0 spiro atoms. The Kier molecular flexibility index (Phi) is 6.53. The van der Waals surface area contributed by atoms with Crippen molar-refractivity contribution in [2.45, 2.75) is 0 Å². The van der Waals surface area contributed by atoms with Gasteiger partial charge in [0.1, 0.15) is 0 Å². The van der Waals surface area contributed by atoms with E-state index in [2.05, 4.69) is 115 Å². The molecule has 3 heterocycles. The van der Waals surface area contributed by atoms with Gasteiger partial charge in [-0.2, -0.15) is 0 Å². The van der Waals surface area contributed by atoms with Crippen LogP contribution in [0.2, 0.25) is 0 Å². The van der Waals surface area contributed by atoms with E-state index in [9.17, 15) is 0 Å². The van der Waals surface area contributed by atoms with Gasteiger partial charge in [0, 0.05) is 0 Å². The zero-order valence-electron chi connectivity index (χ0n) is 27.7. The maximum atomic E-state index is 6.30. The van der Waals surface area contributed by atoms with Crippen LogP contribution in [0.4, 0.5) is 0 Å². The Hall–Kier alpha value is -6.39. The summed E-state index contributed by atoms with van der Waals surface area (Å²) >= 11 is 0.0927. The van der Waals surface area contributed by atoms with Gasteiger partial charge in [-0.05, 0) is 0 Å². The molecule has 242 valence electrons. The minimum atomic E-state index is 0.0927. The zero-order chi connectivity index (χ0) is 34.2. The summed E-state index contributed by atoms with van der Waals surface area (Å²) in [5.41, 5.74) is 7.06. The predicted octanol–water partition coefficient (Wildman–Crippen LogP) is 12.1. The van der Waals surface area contributed by atoms with E-state index < -0.39 is 0 Å². The molecular formula is C47H27N3OSe. The van der Waals surface area contributed by atoms with Crippen molar-refractivity contribution < 1.29 is 4.42 Å². The molecule has 8 aromatic carbocycles. The van der Waals surface area contributed by atoms with Crippen LogP contribution in [0.3, 0.4) is 0 Å². The number of aromatic nitrogens is 3. The van der Waals surface area contributed by atoms with Gasteiger partial charge in [-0.1, -0.05) is 6.07 Å². The molecule has 11 rings (SSSR count). The number of hydrogen-bond acceptors (Lipinski definition) is 4. The molecular weight excluding hydrogens is 701 g/mol. The summed E-state index contributed by atoms with van der Waals surface area (Å²) < 4.78 is 9.13. The summed E-state index contributed by atoms with van der Waals surface area (Å²) in [5, 5.41) is 9.51. The third kappa shape index (κ3) is 4.50. The number of para-hydroxylation sites is 1. The molecule has 0 N–H and O–H groups in total. The van der Waals surface area contributed by atoms with E-state index in [-0.39, 0.29) is 14.5 Å². The summed E-state index contributed by atoms with van der Waals surface area (Å²) in [7, 11) is 0. The monoisotopic (exact) mass is 729 g/mol. The topological polar surface area (TPSA) is 51.8 Å². The molecule has 0 fully saturated rings. The quantitative estimate of drug-likeness (QED) is 0.134. The van der Waals surface area contributed by atoms with Crippen molar-refractivity contribution in [2.75, 3.05) is 0 Å². The average molecular weight is 729 g/mol. The van der Waals surface area contributed by atoms with Crippen LogP contribution in [0.15, 0.2) is 168 Å². The molecule has 0 saturated heterocycles. The van der Waals surface area contributed by atoms with Crippen molar-refractivity contribution >= 4 is 77.3 Å². The van der Waals surface area contributed by atoms with E-state index in [4.69, 9.17) is 19.4 Å². The number of benzene rings is 8. The molecule has 0 aliphatic rings. The molecule has 0 atom stereocenters. The molecule has 0 unspecified atom stereocenters. The van der Waals surface area contributed by atoms with E-state index in [0.29, 0.717) is 17.5 Å². The van der Waals surface area contributed by atoms with Crippen LogP contribution < -0.4 is 0 Å². The molecule has 11 aromatic rings. The Morgan fingerprint density at radius 1 is 0.365 bits per heavy atom. The Bertz CT molecular complexity index is 3180. The van der Waals surface area contributed by atoms with Gasteiger partial charge in [-0.15, -0.1) is 0 Å². The first-order valence-electron chi connectivity index (χ1n) is 17.4. The van der Waals surface area contributed by atoms with Gasteiger partial charge in [0.25, 0.3) is 0 Å². The molecule has 0 radical (unpaired) electrons. The molecule has 3 aromatic heterocycles. The second-order valence-corrected chi connectivity index (χ2v) is 15.3. The molecule has 0 saturated carbocycles.